The molecule has 1 aromatic rings. The highest BCUT2D eigenvalue weighted by Crippen LogP contribution is 2.50. The third kappa shape index (κ3) is 1.43. The summed E-state index contributed by atoms with van der Waals surface area (Å²) in [5.74, 6) is 0.847. The molecule has 2 aliphatic heterocycles. The number of aliphatic hydroxyl groups excluding tert-OH is 1. The van der Waals surface area contributed by atoms with Crippen LogP contribution in [-0.2, 0) is 10.3 Å². The minimum Gasteiger partial charge on any atom is -0.493 e. The minimum absolute atomic E-state index is 0.0208. The first-order valence-electron chi connectivity index (χ1n) is 5.93. The minimum atomic E-state index is -0.430. The molecule has 0 aliphatic carbocycles. The molecule has 2 unspecified atom stereocenters. The molecule has 1 aromatic carbocycles. The highest BCUT2D eigenvalue weighted by Gasteiger charge is 2.50. The van der Waals surface area contributed by atoms with Gasteiger partial charge in [0.15, 0.2) is 0 Å². The van der Waals surface area contributed by atoms with Crippen LogP contribution in [0.3, 0.4) is 0 Å². The summed E-state index contributed by atoms with van der Waals surface area (Å²) in [6.07, 6.45) is 0.772. The smallest absolute Gasteiger partial charge is 0.125 e. The van der Waals surface area contributed by atoms with E-state index in [-0.39, 0.29) is 12.5 Å². The molecule has 0 amide bonds. The van der Waals surface area contributed by atoms with Crippen molar-refractivity contribution in [2.75, 3.05) is 19.8 Å². The quantitative estimate of drug-likeness (QED) is 0.751. The summed E-state index contributed by atoms with van der Waals surface area (Å²) >= 11 is 0. The molecule has 3 heteroatoms. The lowest BCUT2D eigenvalue weighted by Crippen LogP contribution is -2.39. The van der Waals surface area contributed by atoms with Crippen molar-refractivity contribution in [2.24, 2.45) is 5.92 Å². The molecular formula is C14H16O3. The van der Waals surface area contributed by atoms with E-state index in [1.165, 1.54) is 0 Å². The lowest BCUT2D eigenvalue weighted by atomic mass is 9.76. The molecular weight excluding hydrogens is 216 g/mol. The SMILES string of the molecule is C=C1COC2(CCOc3ccccc32)C1CO. The third-order valence-corrected chi connectivity index (χ3v) is 3.83. The first kappa shape index (κ1) is 10.8. The average molecular weight is 232 g/mol. The van der Waals surface area contributed by atoms with Crippen molar-refractivity contribution >= 4 is 0 Å². The molecule has 3 rings (SSSR count). The van der Waals surface area contributed by atoms with Gasteiger partial charge in [0.25, 0.3) is 0 Å². The predicted octanol–water partition coefficient (Wildman–Crippen LogP) is 1.86. The second-order valence-electron chi connectivity index (χ2n) is 4.67. The number of benzene rings is 1. The average Bonchev–Trinajstić information content (AvgIpc) is 2.67. The van der Waals surface area contributed by atoms with Crippen molar-refractivity contribution in [3.8, 4) is 5.75 Å². The van der Waals surface area contributed by atoms with Gasteiger partial charge in [0.05, 0.1) is 19.8 Å². The van der Waals surface area contributed by atoms with Gasteiger partial charge in [0.2, 0.25) is 0 Å². The van der Waals surface area contributed by atoms with Crippen LogP contribution < -0.4 is 4.74 Å². The Kier molecular flexibility index (Phi) is 2.45. The molecule has 2 heterocycles. The summed E-state index contributed by atoms with van der Waals surface area (Å²) < 4.78 is 11.6. The fourth-order valence-corrected chi connectivity index (χ4v) is 2.93. The zero-order valence-corrected chi connectivity index (χ0v) is 9.69. The maximum Gasteiger partial charge on any atom is 0.125 e. The molecule has 0 saturated carbocycles. The van der Waals surface area contributed by atoms with E-state index in [0.717, 1.165) is 23.3 Å². The Hall–Kier alpha value is -1.32. The van der Waals surface area contributed by atoms with Crippen molar-refractivity contribution in [1.82, 2.24) is 0 Å². The molecule has 17 heavy (non-hydrogen) atoms. The topological polar surface area (TPSA) is 38.7 Å². The Morgan fingerprint density at radius 1 is 1.41 bits per heavy atom. The van der Waals surface area contributed by atoms with E-state index in [2.05, 4.69) is 6.58 Å². The Bertz CT molecular complexity index is 455. The van der Waals surface area contributed by atoms with Crippen LogP contribution >= 0.6 is 0 Å². The number of para-hydroxylation sites is 1. The van der Waals surface area contributed by atoms with Crippen LogP contribution in [0.25, 0.3) is 0 Å². The Labute approximate surface area is 101 Å². The van der Waals surface area contributed by atoms with E-state index in [1.54, 1.807) is 0 Å². The van der Waals surface area contributed by atoms with E-state index in [0.29, 0.717) is 13.2 Å². The summed E-state index contributed by atoms with van der Waals surface area (Å²) in [6, 6.07) is 7.91. The van der Waals surface area contributed by atoms with Crippen LogP contribution in [0.2, 0.25) is 0 Å². The molecule has 2 atom stereocenters. The second-order valence-corrected chi connectivity index (χ2v) is 4.67. The van der Waals surface area contributed by atoms with Crippen LogP contribution in [0.4, 0.5) is 0 Å². The highest BCUT2D eigenvalue weighted by atomic mass is 16.5. The van der Waals surface area contributed by atoms with E-state index in [1.807, 2.05) is 24.3 Å². The standard InChI is InChI=1S/C14H16O3/c1-10-9-17-14(12(10)8-15)6-7-16-13-5-3-2-4-11(13)14/h2-5,12,15H,1,6-9H2. The van der Waals surface area contributed by atoms with Gasteiger partial charge in [0.1, 0.15) is 11.4 Å². The second kappa shape index (κ2) is 3.86. The van der Waals surface area contributed by atoms with Crippen LogP contribution in [-0.4, -0.2) is 24.9 Å². The van der Waals surface area contributed by atoms with Gasteiger partial charge in [-0.3, -0.25) is 0 Å². The molecule has 0 radical (unpaired) electrons. The molecule has 1 saturated heterocycles. The Morgan fingerprint density at radius 2 is 2.24 bits per heavy atom. The number of hydrogen-bond acceptors (Lipinski definition) is 3. The van der Waals surface area contributed by atoms with Crippen LogP contribution in [0.1, 0.15) is 12.0 Å². The van der Waals surface area contributed by atoms with E-state index >= 15 is 0 Å². The van der Waals surface area contributed by atoms with Crippen LogP contribution in [0.5, 0.6) is 5.75 Å². The monoisotopic (exact) mass is 232 g/mol. The summed E-state index contributed by atoms with van der Waals surface area (Å²) in [5.41, 5.74) is 1.59. The van der Waals surface area contributed by atoms with Crippen LogP contribution in [0, 0.1) is 5.92 Å². The van der Waals surface area contributed by atoms with Crippen molar-refractivity contribution < 1.29 is 14.6 Å². The molecule has 1 N–H and O–H groups in total. The van der Waals surface area contributed by atoms with E-state index in [9.17, 15) is 5.11 Å². The Morgan fingerprint density at radius 3 is 3.06 bits per heavy atom. The van der Waals surface area contributed by atoms with Gasteiger partial charge >= 0.3 is 0 Å². The van der Waals surface area contributed by atoms with Gasteiger partial charge in [-0.25, -0.2) is 0 Å². The lowest BCUT2D eigenvalue weighted by molar-refractivity contribution is -0.0650. The maximum absolute atomic E-state index is 9.60. The summed E-state index contributed by atoms with van der Waals surface area (Å²) in [7, 11) is 0. The Balaban J connectivity index is 2.12. The van der Waals surface area contributed by atoms with Gasteiger partial charge in [-0.15, -0.1) is 0 Å². The molecule has 90 valence electrons. The van der Waals surface area contributed by atoms with E-state index < -0.39 is 5.60 Å². The third-order valence-electron chi connectivity index (χ3n) is 3.83. The van der Waals surface area contributed by atoms with Crippen molar-refractivity contribution in [2.45, 2.75) is 12.0 Å². The first-order chi connectivity index (χ1) is 8.28. The maximum atomic E-state index is 9.60. The predicted molar refractivity (Wildman–Crippen MR) is 63.9 cm³/mol. The van der Waals surface area contributed by atoms with Gasteiger partial charge in [-0.2, -0.15) is 0 Å². The molecule has 0 aromatic heterocycles. The fraction of sp³-hybridized carbons (Fsp3) is 0.429. The fourth-order valence-electron chi connectivity index (χ4n) is 2.93. The molecule has 2 aliphatic rings. The molecule has 3 nitrogen and oxygen atoms in total. The van der Waals surface area contributed by atoms with Gasteiger partial charge < -0.3 is 14.6 Å². The molecule has 1 fully saturated rings. The molecule has 0 bridgehead atoms. The van der Waals surface area contributed by atoms with E-state index in [4.69, 9.17) is 9.47 Å². The summed E-state index contributed by atoms with van der Waals surface area (Å²) in [5, 5.41) is 9.60. The summed E-state index contributed by atoms with van der Waals surface area (Å²) in [6.45, 7) is 5.23. The zero-order chi connectivity index (χ0) is 11.9. The number of ether oxygens (including phenoxy) is 2. The highest BCUT2D eigenvalue weighted by molar-refractivity contribution is 5.43. The number of hydrogen-bond donors (Lipinski definition) is 1. The number of fused-ring (bicyclic) bond motifs is 2. The number of aliphatic hydroxyl groups is 1. The molecule has 1 spiro atoms. The van der Waals surface area contributed by atoms with Gasteiger partial charge in [0, 0.05) is 17.9 Å². The van der Waals surface area contributed by atoms with Gasteiger partial charge in [-0.05, 0) is 11.6 Å². The van der Waals surface area contributed by atoms with Crippen molar-refractivity contribution in [1.29, 1.82) is 0 Å². The largest absolute Gasteiger partial charge is 0.493 e. The normalized spacial score (nSPS) is 31.4. The number of rotatable bonds is 1. The zero-order valence-electron chi connectivity index (χ0n) is 9.69. The van der Waals surface area contributed by atoms with Gasteiger partial charge in [-0.1, -0.05) is 24.8 Å². The summed E-state index contributed by atoms with van der Waals surface area (Å²) in [4.78, 5) is 0. The van der Waals surface area contributed by atoms with Crippen molar-refractivity contribution in [3.63, 3.8) is 0 Å². The lowest BCUT2D eigenvalue weighted by Gasteiger charge is -2.38. The van der Waals surface area contributed by atoms with Crippen molar-refractivity contribution in [3.05, 3.63) is 42.0 Å². The first-order valence-corrected chi connectivity index (χ1v) is 5.93. The van der Waals surface area contributed by atoms with Crippen LogP contribution in [0.15, 0.2) is 36.4 Å².